The number of ether oxygens (including phenoxy) is 1. The quantitative estimate of drug-likeness (QED) is 0.396. The fraction of sp³-hybridized carbons (Fsp3) is 0.250. The molecule has 1 rings (SSSR count). The van der Waals surface area contributed by atoms with E-state index in [0.29, 0.717) is 4.88 Å². The smallest absolute Gasteiger partial charge is 0.380 e. The number of Topliss-reactive ketones (excluding diaryl/α,β-unsaturated/α-hetero) is 1. The van der Waals surface area contributed by atoms with Crippen molar-refractivity contribution in [2.75, 3.05) is 7.11 Å². The van der Waals surface area contributed by atoms with E-state index in [9.17, 15) is 9.59 Å². The molecular formula is C8H8O3S. The van der Waals surface area contributed by atoms with Crippen molar-refractivity contribution >= 4 is 23.1 Å². The zero-order valence-electron chi connectivity index (χ0n) is 6.79. The zero-order chi connectivity index (χ0) is 9.14. The van der Waals surface area contributed by atoms with Crippen molar-refractivity contribution in [1.29, 1.82) is 0 Å². The fourth-order valence-corrected chi connectivity index (χ4v) is 1.64. The van der Waals surface area contributed by atoms with Crippen molar-refractivity contribution in [2.24, 2.45) is 0 Å². The number of rotatable bonds is 2. The van der Waals surface area contributed by atoms with Gasteiger partial charge in [0.1, 0.15) is 0 Å². The SMILES string of the molecule is COC(=O)C(=O)c1sccc1C. The maximum absolute atomic E-state index is 11.2. The summed E-state index contributed by atoms with van der Waals surface area (Å²) < 4.78 is 4.31. The van der Waals surface area contributed by atoms with Gasteiger partial charge < -0.3 is 4.74 Å². The van der Waals surface area contributed by atoms with Crippen molar-refractivity contribution in [3.05, 3.63) is 21.9 Å². The first-order valence-corrected chi connectivity index (χ1v) is 4.21. The van der Waals surface area contributed by atoms with E-state index >= 15 is 0 Å². The average Bonchev–Trinajstić information content (AvgIpc) is 2.48. The summed E-state index contributed by atoms with van der Waals surface area (Å²) in [5.74, 6) is -1.37. The molecule has 0 radical (unpaired) electrons. The Labute approximate surface area is 74.0 Å². The molecule has 0 N–H and O–H groups in total. The molecule has 4 heteroatoms. The summed E-state index contributed by atoms with van der Waals surface area (Å²) in [5.41, 5.74) is 0.815. The molecule has 12 heavy (non-hydrogen) atoms. The second-order valence-corrected chi connectivity index (χ2v) is 3.17. The van der Waals surface area contributed by atoms with E-state index in [-0.39, 0.29) is 0 Å². The van der Waals surface area contributed by atoms with Gasteiger partial charge in [0.2, 0.25) is 0 Å². The lowest BCUT2D eigenvalue weighted by atomic mass is 10.2. The highest BCUT2D eigenvalue weighted by Gasteiger charge is 2.19. The molecule has 0 spiro atoms. The third-order valence-electron chi connectivity index (χ3n) is 1.44. The van der Waals surface area contributed by atoms with Gasteiger partial charge in [-0.15, -0.1) is 11.3 Å². The van der Waals surface area contributed by atoms with Crippen molar-refractivity contribution < 1.29 is 14.3 Å². The molecule has 1 aromatic heterocycles. The van der Waals surface area contributed by atoms with Gasteiger partial charge in [-0.05, 0) is 23.9 Å². The number of methoxy groups -OCH3 is 1. The number of thiophene rings is 1. The van der Waals surface area contributed by atoms with Gasteiger partial charge in [-0.25, -0.2) is 4.79 Å². The lowest BCUT2D eigenvalue weighted by Gasteiger charge is -1.95. The van der Waals surface area contributed by atoms with E-state index in [4.69, 9.17) is 0 Å². The summed E-state index contributed by atoms with van der Waals surface area (Å²) in [5, 5.41) is 1.77. The maximum atomic E-state index is 11.2. The van der Waals surface area contributed by atoms with Crippen LogP contribution in [-0.2, 0) is 9.53 Å². The molecular weight excluding hydrogens is 176 g/mol. The Bertz CT molecular complexity index is 314. The van der Waals surface area contributed by atoms with Crippen LogP contribution in [0.3, 0.4) is 0 Å². The van der Waals surface area contributed by atoms with Gasteiger partial charge in [0.25, 0.3) is 5.78 Å². The average molecular weight is 184 g/mol. The van der Waals surface area contributed by atoms with Crippen molar-refractivity contribution in [3.63, 3.8) is 0 Å². The van der Waals surface area contributed by atoms with Crippen LogP contribution in [0, 0.1) is 6.92 Å². The Kier molecular flexibility index (Phi) is 2.60. The Morgan fingerprint density at radius 1 is 1.50 bits per heavy atom. The number of hydrogen-bond donors (Lipinski definition) is 0. The molecule has 0 aliphatic carbocycles. The van der Waals surface area contributed by atoms with E-state index in [0.717, 1.165) is 5.56 Å². The highest BCUT2D eigenvalue weighted by molar-refractivity contribution is 7.13. The fourth-order valence-electron chi connectivity index (χ4n) is 0.791. The molecule has 0 amide bonds. The molecule has 64 valence electrons. The number of hydrogen-bond acceptors (Lipinski definition) is 4. The Hall–Kier alpha value is -1.16. The molecule has 0 bridgehead atoms. The van der Waals surface area contributed by atoms with Crippen LogP contribution in [0.25, 0.3) is 0 Å². The standard InChI is InChI=1S/C8H8O3S/c1-5-3-4-12-7(5)6(9)8(10)11-2/h3-4H,1-2H3. The number of carbonyl (C=O) groups excluding carboxylic acids is 2. The number of esters is 1. The number of ketones is 1. The molecule has 0 fully saturated rings. The second kappa shape index (κ2) is 3.49. The molecule has 0 saturated carbocycles. The molecule has 1 aromatic rings. The first kappa shape index (κ1) is 8.93. The van der Waals surface area contributed by atoms with Crippen molar-refractivity contribution in [1.82, 2.24) is 0 Å². The third-order valence-corrected chi connectivity index (χ3v) is 2.45. The molecule has 3 nitrogen and oxygen atoms in total. The maximum Gasteiger partial charge on any atom is 0.380 e. The van der Waals surface area contributed by atoms with Gasteiger partial charge in [0.15, 0.2) is 0 Å². The highest BCUT2D eigenvalue weighted by atomic mass is 32.1. The third kappa shape index (κ3) is 1.53. The summed E-state index contributed by atoms with van der Waals surface area (Å²) in [6.07, 6.45) is 0. The first-order valence-electron chi connectivity index (χ1n) is 3.33. The van der Waals surface area contributed by atoms with E-state index in [2.05, 4.69) is 4.74 Å². The van der Waals surface area contributed by atoms with Gasteiger partial charge in [-0.2, -0.15) is 0 Å². The lowest BCUT2D eigenvalue weighted by molar-refractivity contribution is -0.135. The second-order valence-electron chi connectivity index (χ2n) is 2.25. The minimum absolute atomic E-state index is 0.460. The highest BCUT2D eigenvalue weighted by Crippen LogP contribution is 2.16. The zero-order valence-corrected chi connectivity index (χ0v) is 7.60. The van der Waals surface area contributed by atoms with Crippen LogP contribution in [0.15, 0.2) is 11.4 Å². The van der Waals surface area contributed by atoms with Crippen LogP contribution in [-0.4, -0.2) is 18.9 Å². The summed E-state index contributed by atoms with van der Waals surface area (Å²) in [4.78, 5) is 22.5. The monoisotopic (exact) mass is 184 g/mol. The van der Waals surface area contributed by atoms with Gasteiger partial charge in [-0.3, -0.25) is 4.79 Å². The molecule has 0 atom stereocenters. The van der Waals surface area contributed by atoms with Crippen LogP contribution in [0.5, 0.6) is 0 Å². The Balaban J connectivity index is 2.93. The summed E-state index contributed by atoms with van der Waals surface area (Å²) >= 11 is 1.25. The normalized spacial score (nSPS) is 9.50. The molecule has 0 aliphatic heterocycles. The minimum atomic E-state index is -0.805. The number of carbonyl (C=O) groups is 2. The topological polar surface area (TPSA) is 43.4 Å². The van der Waals surface area contributed by atoms with Crippen LogP contribution in [0.4, 0.5) is 0 Å². The van der Waals surface area contributed by atoms with E-state index in [1.54, 1.807) is 18.4 Å². The van der Waals surface area contributed by atoms with Crippen LogP contribution >= 0.6 is 11.3 Å². The molecule has 0 unspecified atom stereocenters. The minimum Gasteiger partial charge on any atom is -0.463 e. The predicted octanol–water partition coefficient (Wildman–Crippen LogP) is 1.41. The van der Waals surface area contributed by atoms with Crippen LogP contribution in [0.1, 0.15) is 15.2 Å². The van der Waals surface area contributed by atoms with Gasteiger partial charge in [0, 0.05) is 0 Å². The summed E-state index contributed by atoms with van der Waals surface area (Å²) in [6, 6.07) is 1.79. The van der Waals surface area contributed by atoms with Crippen LogP contribution in [0.2, 0.25) is 0 Å². The largest absolute Gasteiger partial charge is 0.463 e. The summed E-state index contributed by atoms with van der Waals surface area (Å²) in [6.45, 7) is 1.78. The Morgan fingerprint density at radius 2 is 2.17 bits per heavy atom. The van der Waals surface area contributed by atoms with Crippen molar-refractivity contribution in [2.45, 2.75) is 6.92 Å². The lowest BCUT2D eigenvalue weighted by Crippen LogP contribution is -2.14. The predicted molar refractivity (Wildman–Crippen MR) is 45.4 cm³/mol. The van der Waals surface area contributed by atoms with E-state index < -0.39 is 11.8 Å². The van der Waals surface area contributed by atoms with Crippen molar-refractivity contribution in [3.8, 4) is 0 Å². The van der Waals surface area contributed by atoms with Gasteiger partial charge in [-0.1, -0.05) is 0 Å². The summed E-state index contributed by atoms with van der Waals surface area (Å²) in [7, 11) is 1.20. The van der Waals surface area contributed by atoms with E-state index in [1.807, 2.05) is 0 Å². The van der Waals surface area contributed by atoms with Gasteiger partial charge in [0.05, 0.1) is 12.0 Å². The number of aryl methyl sites for hydroxylation is 1. The Morgan fingerprint density at radius 3 is 2.58 bits per heavy atom. The van der Waals surface area contributed by atoms with Gasteiger partial charge >= 0.3 is 5.97 Å². The molecule has 0 saturated heterocycles. The first-order chi connectivity index (χ1) is 5.66. The van der Waals surface area contributed by atoms with E-state index in [1.165, 1.54) is 18.4 Å². The molecule has 0 aliphatic rings. The molecule has 0 aromatic carbocycles. The molecule has 1 heterocycles. The van der Waals surface area contributed by atoms with Crippen LogP contribution < -0.4 is 0 Å².